The molecule has 5 heteroatoms. The number of esters is 1. The van der Waals surface area contributed by atoms with E-state index in [1.54, 1.807) is 18.5 Å². The summed E-state index contributed by atoms with van der Waals surface area (Å²) in [7, 11) is 2.76. The maximum atomic E-state index is 10.9. The van der Waals surface area contributed by atoms with E-state index in [9.17, 15) is 9.90 Å². The molecule has 0 saturated heterocycles. The molecule has 1 heterocycles. The van der Waals surface area contributed by atoms with Crippen molar-refractivity contribution in [3.63, 3.8) is 0 Å². The van der Waals surface area contributed by atoms with Crippen molar-refractivity contribution in [3.8, 4) is 5.75 Å². The van der Waals surface area contributed by atoms with Crippen LogP contribution in [0, 0.1) is 0 Å². The van der Waals surface area contributed by atoms with Gasteiger partial charge in [-0.25, -0.2) is 4.79 Å². The molecule has 0 aromatic carbocycles. The second-order valence-electron chi connectivity index (χ2n) is 2.98. The van der Waals surface area contributed by atoms with Crippen LogP contribution in [0.2, 0.25) is 0 Å². The lowest BCUT2D eigenvalue weighted by atomic mass is 10.1. The summed E-state index contributed by atoms with van der Waals surface area (Å²) in [5.41, 5.74) is 0.715. The zero-order valence-corrected chi connectivity index (χ0v) is 8.64. The lowest BCUT2D eigenvalue weighted by Gasteiger charge is -2.08. The van der Waals surface area contributed by atoms with Crippen molar-refractivity contribution in [2.75, 3.05) is 14.2 Å². The van der Waals surface area contributed by atoms with Crippen LogP contribution in [0.5, 0.6) is 5.75 Å². The fraction of sp³-hybridized carbons (Fsp3) is 0.400. The molecule has 5 nitrogen and oxygen atoms in total. The molecule has 0 bridgehead atoms. The van der Waals surface area contributed by atoms with Crippen molar-refractivity contribution in [2.45, 2.75) is 12.5 Å². The van der Waals surface area contributed by atoms with Gasteiger partial charge in [0.1, 0.15) is 5.75 Å². The third-order valence-electron chi connectivity index (χ3n) is 1.91. The number of aliphatic hydroxyl groups excluding tert-OH is 1. The van der Waals surface area contributed by atoms with E-state index < -0.39 is 12.1 Å². The van der Waals surface area contributed by atoms with Crippen LogP contribution in [0.4, 0.5) is 0 Å². The van der Waals surface area contributed by atoms with Gasteiger partial charge >= 0.3 is 5.97 Å². The molecule has 0 aliphatic heterocycles. The summed E-state index contributed by atoms with van der Waals surface area (Å²) in [5, 5.41) is 9.39. The Balaban J connectivity index is 2.67. The van der Waals surface area contributed by atoms with E-state index in [0.717, 1.165) is 0 Å². The van der Waals surface area contributed by atoms with Crippen LogP contribution in [0.25, 0.3) is 0 Å². The largest absolute Gasteiger partial charge is 0.495 e. The minimum absolute atomic E-state index is 0.164. The van der Waals surface area contributed by atoms with Gasteiger partial charge in [-0.3, -0.25) is 4.98 Å². The molecule has 0 aliphatic carbocycles. The second-order valence-corrected chi connectivity index (χ2v) is 2.98. The van der Waals surface area contributed by atoms with Crippen LogP contribution in [-0.2, 0) is 16.0 Å². The Labute approximate surface area is 87.7 Å². The quantitative estimate of drug-likeness (QED) is 0.719. The average Bonchev–Trinajstić information content (AvgIpc) is 2.28. The monoisotopic (exact) mass is 211 g/mol. The van der Waals surface area contributed by atoms with E-state index in [0.29, 0.717) is 11.3 Å². The zero-order valence-electron chi connectivity index (χ0n) is 8.64. The van der Waals surface area contributed by atoms with Crippen molar-refractivity contribution >= 4 is 5.97 Å². The number of rotatable bonds is 4. The van der Waals surface area contributed by atoms with Gasteiger partial charge in [-0.15, -0.1) is 0 Å². The van der Waals surface area contributed by atoms with E-state index in [2.05, 4.69) is 9.72 Å². The highest BCUT2D eigenvalue weighted by Crippen LogP contribution is 2.12. The predicted molar refractivity (Wildman–Crippen MR) is 52.5 cm³/mol. The van der Waals surface area contributed by atoms with Crippen LogP contribution >= 0.6 is 0 Å². The molecule has 15 heavy (non-hydrogen) atoms. The van der Waals surface area contributed by atoms with Crippen molar-refractivity contribution in [3.05, 3.63) is 24.0 Å². The van der Waals surface area contributed by atoms with Crippen molar-refractivity contribution in [1.29, 1.82) is 0 Å². The second kappa shape index (κ2) is 5.31. The molecule has 1 unspecified atom stereocenters. The van der Waals surface area contributed by atoms with Crippen LogP contribution in [0.3, 0.4) is 0 Å². The third-order valence-corrected chi connectivity index (χ3v) is 1.91. The number of aliphatic hydroxyl groups is 1. The van der Waals surface area contributed by atoms with Gasteiger partial charge in [0.2, 0.25) is 0 Å². The SMILES string of the molecule is COC(=O)C(O)Cc1cncc(OC)c1. The summed E-state index contributed by atoms with van der Waals surface area (Å²) in [6, 6.07) is 1.71. The van der Waals surface area contributed by atoms with Gasteiger partial charge in [-0.05, 0) is 11.6 Å². The molecule has 82 valence electrons. The molecule has 1 aromatic heterocycles. The minimum Gasteiger partial charge on any atom is -0.495 e. The maximum absolute atomic E-state index is 10.9. The first-order valence-corrected chi connectivity index (χ1v) is 4.41. The number of carbonyl (C=O) groups excluding carboxylic acids is 1. The summed E-state index contributed by atoms with van der Waals surface area (Å²) in [6.07, 6.45) is 2.11. The number of ether oxygens (including phenoxy) is 2. The number of methoxy groups -OCH3 is 2. The highest BCUT2D eigenvalue weighted by atomic mass is 16.5. The lowest BCUT2D eigenvalue weighted by Crippen LogP contribution is -2.24. The number of aromatic nitrogens is 1. The summed E-state index contributed by atoms with van der Waals surface area (Å²) >= 11 is 0. The molecule has 1 N–H and O–H groups in total. The first kappa shape index (κ1) is 11.5. The van der Waals surface area contributed by atoms with Gasteiger partial charge in [0.05, 0.1) is 20.4 Å². The normalized spacial score (nSPS) is 11.9. The van der Waals surface area contributed by atoms with Crippen molar-refractivity contribution in [2.24, 2.45) is 0 Å². The number of carbonyl (C=O) groups is 1. The molecule has 1 rings (SSSR count). The Morgan fingerprint density at radius 3 is 2.87 bits per heavy atom. The van der Waals surface area contributed by atoms with E-state index in [4.69, 9.17) is 4.74 Å². The van der Waals surface area contributed by atoms with E-state index in [1.807, 2.05) is 0 Å². The molecular formula is C10H13NO4. The topological polar surface area (TPSA) is 68.7 Å². The number of nitrogens with zero attached hydrogens (tertiary/aromatic N) is 1. The van der Waals surface area contributed by atoms with Gasteiger partial charge in [0.15, 0.2) is 6.10 Å². The van der Waals surface area contributed by atoms with E-state index in [-0.39, 0.29) is 6.42 Å². The smallest absolute Gasteiger partial charge is 0.335 e. The molecule has 0 saturated carbocycles. The molecule has 0 radical (unpaired) electrons. The van der Waals surface area contributed by atoms with Crippen LogP contribution < -0.4 is 4.74 Å². The predicted octanol–water partition coefficient (Wildman–Crippen LogP) is 0.167. The first-order valence-electron chi connectivity index (χ1n) is 4.41. The Hall–Kier alpha value is -1.62. The van der Waals surface area contributed by atoms with Gasteiger partial charge in [-0.2, -0.15) is 0 Å². The maximum Gasteiger partial charge on any atom is 0.335 e. The van der Waals surface area contributed by atoms with E-state index in [1.165, 1.54) is 14.2 Å². The summed E-state index contributed by atoms with van der Waals surface area (Å²) in [5.74, 6) is -0.0672. The van der Waals surface area contributed by atoms with Crippen LogP contribution in [0.15, 0.2) is 18.5 Å². The zero-order chi connectivity index (χ0) is 11.3. The lowest BCUT2D eigenvalue weighted by molar-refractivity contribution is -0.150. The molecule has 0 amide bonds. The molecule has 0 fully saturated rings. The highest BCUT2D eigenvalue weighted by molar-refractivity contribution is 5.74. The molecular weight excluding hydrogens is 198 g/mol. The number of hydrogen-bond donors (Lipinski definition) is 1. The van der Waals surface area contributed by atoms with Gasteiger partial charge in [-0.1, -0.05) is 0 Å². The average molecular weight is 211 g/mol. The van der Waals surface area contributed by atoms with Crippen molar-refractivity contribution in [1.82, 2.24) is 4.98 Å². The molecule has 0 aliphatic rings. The Morgan fingerprint density at radius 2 is 2.27 bits per heavy atom. The standard InChI is InChI=1S/C10H13NO4/c1-14-8-3-7(5-11-6-8)4-9(12)10(13)15-2/h3,5-6,9,12H,4H2,1-2H3. The van der Waals surface area contributed by atoms with Gasteiger partial charge in [0, 0.05) is 12.6 Å². The summed E-state index contributed by atoms with van der Waals surface area (Å²) < 4.78 is 9.36. The highest BCUT2D eigenvalue weighted by Gasteiger charge is 2.16. The van der Waals surface area contributed by atoms with Gasteiger partial charge < -0.3 is 14.6 Å². The molecule has 1 atom stereocenters. The number of pyridine rings is 1. The van der Waals surface area contributed by atoms with Crippen LogP contribution in [0.1, 0.15) is 5.56 Å². The molecule has 0 spiro atoms. The van der Waals surface area contributed by atoms with Gasteiger partial charge in [0.25, 0.3) is 0 Å². The van der Waals surface area contributed by atoms with E-state index >= 15 is 0 Å². The molecule has 1 aromatic rings. The minimum atomic E-state index is -1.16. The Morgan fingerprint density at radius 1 is 1.53 bits per heavy atom. The summed E-state index contributed by atoms with van der Waals surface area (Å²) in [6.45, 7) is 0. The Bertz CT molecular complexity index is 340. The summed E-state index contributed by atoms with van der Waals surface area (Å²) in [4.78, 5) is 14.9. The fourth-order valence-corrected chi connectivity index (χ4v) is 1.13. The van der Waals surface area contributed by atoms with Crippen LogP contribution in [-0.4, -0.2) is 36.4 Å². The third kappa shape index (κ3) is 3.21. The van der Waals surface area contributed by atoms with Crippen molar-refractivity contribution < 1.29 is 19.4 Å². The number of hydrogen-bond acceptors (Lipinski definition) is 5. The fourth-order valence-electron chi connectivity index (χ4n) is 1.13. The Kier molecular flexibility index (Phi) is 4.05. The first-order chi connectivity index (χ1) is 7.17.